The van der Waals surface area contributed by atoms with Crippen LogP contribution in [0.25, 0.3) is 0 Å². The Morgan fingerprint density at radius 3 is 2.48 bits per heavy atom. The first-order valence-electron chi connectivity index (χ1n) is 9.48. The van der Waals surface area contributed by atoms with E-state index in [4.69, 9.17) is 4.98 Å². The minimum absolute atomic E-state index is 0.0184. The maximum absolute atomic E-state index is 12.6. The number of carbonyl (C=O) groups excluding carboxylic acids is 1. The third-order valence-corrected chi connectivity index (χ3v) is 4.49. The molecule has 0 bridgehead atoms. The Labute approximate surface area is 152 Å². The minimum atomic E-state index is 0.0184. The van der Waals surface area contributed by atoms with Gasteiger partial charge >= 0.3 is 0 Å². The Morgan fingerprint density at radius 1 is 1.20 bits per heavy atom. The number of fused-ring (bicyclic) bond motifs is 1. The van der Waals surface area contributed by atoms with Crippen LogP contribution in [0.4, 0.5) is 5.82 Å². The maximum atomic E-state index is 12.6. The van der Waals surface area contributed by atoms with E-state index >= 15 is 0 Å². The van der Waals surface area contributed by atoms with Gasteiger partial charge in [0.1, 0.15) is 5.82 Å². The van der Waals surface area contributed by atoms with Crippen molar-refractivity contribution < 1.29 is 4.79 Å². The topological polar surface area (TPSA) is 48.5 Å². The number of hydrogen-bond acceptors (Lipinski definition) is 4. The molecule has 0 unspecified atom stereocenters. The Hall–Kier alpha value is -1.62. The van der Waals surface area contributed by atoms with Gasteiger partial charge in [-0.25, -0.2) is 4.98 Å². The van der Waals surface area contributed by atoms with Crippen LogP contribution in [-0.4, -0.2) is 61.0 Å². The lowest BCUT2D eigenvalue weighted by atomic mass is 10.0. The Bertz CT molecular complexity index is 596. The van der Waals surface area contributed by atoms with Gasteiger partial charge in [-0.15, -0.1) is 0 Å². The summed E-state index contributed by atoms with van der Waals surface area (Å²) in [5.41, 5.74) is 3.07. The van der Waals surface area contributed by atoms with E-state index in [0.717, 1.165) is 50.5 Å². The molecule has 2 rings (SSSR count). The second-order valence-electron chi connectivity index (χ2n) is 8.16. The molecule has 0 spiro atoms. The lowest BCUT2D eigenvalue weighted by Crippen LogP contribution is -2.30. The molecule has 0 saturated carbocycles. The zero-order chi connectivity index (χ0) is 18.6. The molecule has 0 atom stereocenters. The van der Waals surface area contributed by atoms with E-state index in [2.05, 4.69) is 44.0 Å². The number of amides is 1. The molecule has 1 aliphatic heterocycles. The fraction of sp³-hybridized carbons (Fsp3) is 0.700. The summed E-state index contributed by atoms with van der Waals surface area (Å²) < 4.78 is 0. The average molecular weight is 347 g/mol. The van der Waals surface area contributed by atoms with Crippen molar-refractivity contribution in [2.75, 3.05) is 45.6 Å². The van der Waals surface area contributed by atoms with Crippen molar-refractivity contribution in [1.29, 1.82) is 0 Å². The van der Waals surface area contributed by atoms with Gasteiger partial charge in [0, 0.05) is 52.4 Å². The lowest BCUT2D eigenvalue weighted by Gasteiger charge is -2.21. The van der Waals surface area contributed by atoms with E-state index < -0.39 is 0 Å². The first kappa shape index (κ1) is 19.7. The van der Waals surface area contributed by atoms with Gasteiger partial charge in [-0.05, 0) is 29.9 Å². The number of aromatic nitrogens is 1. The van der Waals surface area contributed by atoms with E-state index in [-0.39, 0.29) is 5.91 Å². The van der Waals surface area contributed by atoms with Gasteiger partial charge in [0.05, 0.1) is 5.56 Å². The van der Waals surface area contributed by atoms with Gasteiger partial charge in [-0.2, -0.15) is 0 Å². The summed E-state index contributed by atoms with van der Waals surface area (Å²) >= 11 is 0. The van der Waals surface area contributed by atoms with Crippen molar-refractivity contribution in [3.05, 3.63) is 22.9 Å². The van der Waals surface area contributed by atoms with Crippen LogP contribution in [0.15, 0.2) is 6.07 Å². The largest absolute Gasteiger partial charge is 0.369 e. The van der Waals surface area contributed by atoms with Crippen LogP contribution in [0.1, 0.15) is 49.3 Å². The zero-order valence-electron chi connectivity index (χ0n) is 16.7. The van der Waals surface area contributed by atoms with Crippen molar-refractivity contribution in [3.63, 3.8) is 0 Å². The molecule has 1 aromatic rings. The molecule has 0 aromatic carbocycles. The number of nitrogens with zero attached hydrogens (tertiary/aromatic N) is 3. The normalized spacial score (nSPS) is 15.2. The smallest absolute Gasteiger partial charge is 0.257 e. The predicted octanol–water partition coefficient (Wildman–Crippen LogP) is 2.91. The molecule has 25 heavy (non-hydrogen) atoms. The SMILES string of the molecule is CC(C)CNc1nc2c(cc1C(=O)N(C)C)CCN(CC(C)C)CC2. The number of nitrogens with one attached hydrogen (secondary N) is 1. The first-order valence-corrected chi connectivity index (χ1v) is 9.48. The number of carbonyl (C=O) groups is 1. The van der Waals surface area contributed by atoms with Crippen molar-refractivity contribution in [2.24, 2.45) is 11.8 Å². The fourth-order valence-corrected chi connectivity index (χ4v) is 3.22. The highest BCUT2D eigenvalue weighted by Crippen LogP contribution is 2.23. The molecule has 0 aliphatic carbocycles. The monoisotopic (exact) mass is 346 g/mol. The van der Waals surface area contributed by atoms with Crippen molar-refractivity contribution in [2.45, 2.75) is 40.5 Å². The Balaban J connectivity index is 2.29. The van der Waals surface area contributed by atoms with Gasteiger partial charge in [-0.1, -0.05) is 27.7 Å². The van der Waals surface area contributed by atoms with Crippen LogP contribution in [-0.2, 0) is 12.8 Å². The molecule has 5 heteroatoms. The number of rotatable bonds is 6. The highest BCUT2D eigenvalue weighted by atomic mass is 16.2. The summed E-state index contributed by atoms with van der Waals surface area (Å²) in [5.74, 6) is 1.93. The van der Waals surface area contributed by atoms with Gasteiger partial charge in [0.2, 0.25) is 0 Å². The predicted molar refractivity (Wildman–Crippen MR) is 104 cm³/mol. The van der Waals surface area contributed by atoms with Crippen LogP contribution in [0.2, 0.25) is 0 Å². The summed E-state index contributed by atoms with van der Waals surface area (Å²) in [6.07, 6.45) is 1.92. The standard InChI is InChI=1S/C20H34N4O/c1-14(2)12-21-19-17(20(25)23(5)6)11-16-7-9-24(13-15(3)4)10-8-18(16)22-19/h11,14-15H,7-10,12-13H2,1-6H3,(H,21,22). The minimum Gasteiger partial charge on any atom is -0.369 e. The summed E-state index contributed by atoms with van der Waals surface area (Å²) in [6, 6.07) is 2.08. The summed E-state index contributed by atoms with van der Waals surface area (Å²) in [4.78, 5) is 21.6. The summed E-state index contributed by atoms with van der Waals surface area (Å²) in [6.45, 7) is 12.9. The fourth-order valence-electron chi connectivity index (χ4n) is 3.22. The quantitative estimate of drug-likeness (QED) is 0.860. The Kier molecular flexibility index (Phi) is 6.82. The molecular weight excluding hydrogens is 312 g/mol. The Morgan fingerprint density at radius 2 is 1.88 bits per heavy atom. The lowest BCUT2D eigenvalue weighted by molar-refractivity contribution is 0.0828. The van der Waals surface area contributed by atoms with E-state index in [0.29, 0.717) is 17.4 Å². The van der Waals surface area contributed by atoms with E-state index in [1.54, 1.807) is 19.0 Å². The highest BCUT2D eigenvalue weighted by Gasteiger charge is 2.22. The molecule has 0 saturated heterocycles. The second-order valence-corrected chi connectivity index (χ2v) is 8.16. The number of anilines is 1. The maximum Gasteiger partial charge on any atom is 0.257 e. The van der Waals surface area contributed by atoms with Crippen LogP contribution in [0, 0.1) is 11.8 Å². The van der Waals surface area contributed by atoms with Gasteiger partial charge in [-0.3, -0.25) is 4.79 Å². The third kappa shape index (κ3) is 5.43. The van der Waals surface area contributed by atoms with Gasteiger partial charge in [0.25, 0.3) is 5.91 Å². The molecule has 2 heterocycles. The number of pyridine rings is 1. The molecule has 1 aliphatic rings. The molecule has 1 N–H and O–H groups in total. The van der Waals surface area contributed by atoms with Crippen molar-refractivity contribution in [3.8, 4) is 0 Å². The van der Waals surface area contributed by atoms with Crippen LogP contribution in [0.3, 0.4) is 0 Å². The molecule has 1 aromatic heterocycles. The van der Waals surface area contributed by atoms with Gasteiger partial charge in [0.15, 0.2) is 0 Å². The highest BCUT2D eigenvalue weighted by molar-refractivity contribution is 5.98. The van der Waals surface area contributed by atoms with E-state index in [1.165, 1.54) is 5.56 Å². The molecule has 0 radical (unpaired) electrons. The third-order valence-electron chi connectivity index (χ3n) is 4.49. The zero-order valence-corrected chi connectivity index (χ0v) is 16.7. The molecule has 1 amide bonds. The average Bonchev–Trinajstić information content (AvgIpc) is 2.72. The molecule has 140 valence electrons. The van der Waals surface area contributed by atoms with Crippen molar-refractivity contribution in [1.82, 2.24) is 14.8 Å². The van der Waals surface area contributed by atoms with Crippen LogP contribution >= 0.6 is 0 Å². The second kappa shape index (κ2) is 8.65. The molecular formula is C20H34N4O. The summed E-state index contributed by atoms with van der Waals surface area (Å²) in [5, 5.41) is 3.39. The first-order chi connectivity index (χ1) is 11.8. The van der Waals surface area contributed by atoms with E-state index in [1.807, 2.05) is 0 Å². The summed E-state index contributed by atoms with van der Waals surface area (Å²) in [7, 11) is 3.59. The van der Waals surface area contributed by atoms with Gasteiger partial charge < -0.3 is 15.1 Å². The molecule has 0 fully saturated rings. The van der Waals surface area contributed by atoms with Crippen LogP contribution < -0.4 is 5.32 Å². The van der Waals surface area contributed by atoms with E-state index in [9.17, 15) is 4.79 Å². The van der Waals surface area contributed by atoms with Crippen LogP contribution in [0.5, 0.6) is 0 Å². The van der Waals surface area contributed by atoms with Crippen molar-refractivity contribution >= 4 is 11.7 Å². The number of hydrogen-bond donors (Lipinski definition) is 1. The molecule has 5 nitrogen and oxygen atoms in total.